The lowest BCUT2D eigenvalue weighted by molar-refractivity contribution is -0.144. The fourth-order valence-electron chi connectivity index (χ4n) is 3.15. The summed E-state index contributed by atoms with van der Waals surface area (Å²) < 4.78 is 5.03. The predicted octanol–water partition coefficient (Wildman–Crippen LogP) is 1.67. The smallest absolute Gasteiger partial charge is 0.306 e. The molecule has 0 aromatic heterocycles. The zero-order chi connectivity index (χ0) is 10.8. The maximum atomic E-state index is 11.4. The van der Waals surface area contributed by atoms with E-state index in [0.717, 1.165) is 12.0 Å². The van der Waals surface area contributed by atoms with Crippen molar-refractivity contribution in [3.05, 3.63) is 0 Å². The number of hydrogen-bond donors (Lipinski definition) is 0. The molecule has 0 aromatic rings. The van der Waals surface area contributed by atoms with E-state index in [1.54, 1.807) is 0 Å². The fraction of sp³-hybridized carbons (Fsp3) is 0.917. The van der Waals surface area contributed by atoms with E-state index in [2.05, 4.69) is 11.9 Å². The number of carbonyl (C=O) groups is 1. The van der Waals surface area contributed by atoms with Gasteiger partial charge in [0.2, 0.25) is 0 Å². The molecule has 0 radical (unpaired) electrons. The van der Waals surface area contributed by atoms with E-state index in [-0.39, 0.29) is 5.97 Å². The molecule has 3 heteroatoms. The number of likely N-dealkylation sites (tertiary alicyclic amines) is 1. The summed E-state index contributed by atoms with van der Waals surface area (Å²) >= 11 is 0. The second kappa shape index (κ2) is 4.52. The Kier molecular flexibility index (Phi) is 3.29. The van der Waals surface area contributed by atoms with Crippen LogP contribution in [0.1, 0.15) is 32.6 Å². The molecule has 0 amide bonds. The molecule has 2 rings (SSSR count). The molecular weight excluding hydrogens is 190 g/mol. The van der Waals surface area contributed by atoms with Crippen LogP contribution in [0.25, 0.3) is 0 Å². The average molecular weight is 211 g/mol. The van der Waals surface area contributed by atoms with Gasteiger partial charge in [0.25, 0.3) is 0 Å². The third-order valence-electron chi connectivity index (χ3n) is 3.99. The molecular formula is C12H21NO2. The normalized spacial score (nSPS) is 35.5. The van der Waals surface area contributed by atoms with Gasteiger partial charge in [0.05, 0.1) is 6.61 Å². The summed E-state index contributed by atoms with van der Waals surface area (Å²) in [5.74, 6) is 1.30. The van der Waals surface area contributed by atoms with Crippen molar-refractivity contribution in [1.29, 1.82) is 0 Å². The molecule has 2 aliphatic rings. The summed E-state index contributed by atoms with van der Waals surface area (Å²) in [5, 5.41) is 0. The number of rotatable bonds is 3. The van der Waals surface area contributed by atoms with Crippen molar-refractivity contribution in [3.8, 4) is 0 Å². The molecule has 0 N–H and O–H groups in total. The Hall–Kier alpha value is -0.570. The minimum Gasteiger partial charge on any atom is -0.466 e. The minimum atomic E-state index is -0.00416. The Labute approximate surface area is 91.8 Å². The molecule has 1 saturated carbocycles. The second-order valence-electron chi connectivity index (χ2n) is 4.94. The van der Waals surface area contributed by atoms with Gasteiger partial charge in [-0.15, -0.1) is 0 Å². The van der Waals surface area contributed by atoms with Crippen molar-refractivity contribution < 1.29 is 9.53 Å². The Balaban J connectivity index is 1.86. The number of hydrogen-bond acceptors (Lipinski definition) is 3. The number of carbonyl (C=O) groups excluding carboxylic acids is 1. The van der Waals surface area contributed by atoms with E-state index >= 15 is 0 Å². The molecule has 3 nitrogen and oxygen atoms in total. The van der Waals surface area contributed by atoms with Gasteiger partial charge in [-0.1, -0.05) is 0 Å². The van der Waals surface area contributed by atoms with E-state index in [9.17, 15) is 4.79 Å². The lowest BCUT2D eigenvalue weighted by Crippen LogP contribution is -2.26. The molecule has 2 bridgehead atoms. The van der Waals surface area contributed by atoms with Crippen LogP contribution in [0.4, 0.5) is 0 Å². The van der Waals surface area contributed by atoms with Crippen LogP contribution < -0.4 is 0 Å². The first-order chi connectivity index (χ1) is 7.20. The summed E-state index contributed by atoms with van der Waals surface area (Å²) in [7, 11) is 2.21. The van der Waals surface area contributed by atoms with Gasteiger partial charge in [0.1, 0.15) is 0 Å². The third kappa shape index (κ3) is 2.33. The zero-order valence-corrected chi connectivity index (χ0v) is 9.74. The van der Waals surface area contributed by atoms with E-state index in [0.29, 0.717) is 18.9 Å². The van der Waals surface area contributed by atoms with Gasteiger partial charge in [-0.05, 0) is 45.1 Å². The molecule has 1 saturated heterocycles. The van der Waals surface area contributed by atoms with Crippen molar-refractivity contribution in [2.45, 2.75) is 38.6 Å². The number of fused-ring (bicyclic) bond motifs is 2. The first-order valence-electron chi connectivity index (χ1n) is 6.06. The highest BCUT2D eigenvalue weighted by Gasteiger charge is 2.39. The quantitative estimate of drug-likeness (QED) is 0.665. The second-order valence-corrected chi connectivity index (χ2v) is 4.94. The van der Waals surface area contributed by atoms with Gasteiger partial charge in [0, 0.05) is 19.0 Å². The van der Waals surface area contributed by atoms with Crippen molar-refractivity contribution in [2.75, 3.05) is 20.2 Å². The van der Waals surface area contributed by atoms with Crippen LogP contribution in [-0.4, -0.2) is 37.1 Å². The standard InChI is InChI=1S/C12H21NO2/c1-3-15-12(14)7-9-4-5-11-6-10(9)8-13(11)2/h9-11H,3-8H2,1-2H3. The van der Waals surface area contributed by atoms with Gasteiger partial charge in [0.15, 0.2) is 0 Å². The van der Waals surface area contributed by atoms with Crippen LogP contribution in [0.3, 0.4) is 0 Å². The monoisotopic (exact) mass is 211 g/mol. The average Bonchev–Trinajstić information content (AvgIpc) is 2.49. The highest BCUT2D eigenvalue weighted by molar-refractivity contribution is 5.69. The topological polar surface area (TPSA) is 29.5 Å². The summed E-state index contributed by atoms with van der Waals surface area (Å²) in [6.45, 7) is 3.56. The van der Waals surface area contributed by atoms with Gasteiger partial charge in [-0.2, -0.15) is 0 Å². The first kappa shape index (κ1) is 10.9. The summed E-state index contributed by atoms with van der Waals surface area (Å²) in [6, 6.07) is 0.786. The van der Waals surface area contributed by atoms with Gasteiger partial charge in [-0.25, -0.2) is 0 Å². The molecule has 1 aliphatic heterocycles. The van der Waals surface area contributed by atoms with E-state index in [1.165, 1.54) is 25.8 Å². The van der Waals surface area contributed by atoms with Crippen LogP contribution in [0.2, 0.25) is 0 Å². The lowest BCUT2D eigenvalue weighted by atomic mass is 9.78. The van der Waals surface area contributed by atoms with E-state index < -0.39 is 0 Å². The van der Waals surface area contributed by atoms with Crippen LogP contribution in [0.5, 0.6) is 0 Å². The molecule has 1 heterocycles. The van der Waals surface area contributed by atoms with Crippen LogP contribution >= 0.6 is 0 Å². The van der Waals surface area contributed by atoms with Crippen LogP contribution in [0, 0.1) is 11.8 Å². The SMILES string of the molecule is CCOC(=O)CC1CCC2CC1CN2C. The third-order valence-corrected chi connectivity index (χ3v) is 3.99. The Morgan fingerprint density at radius 2 is 2.27 bits per heavy atom. The Morgan fingerprint density at radius 1 is 1.47 bits per heavy atom. The number of ether oxygens (including phenoxy) is 1. The molecule has 0 aromatic carbocycles. The van der Waals surface area contributed by atoms with Crippen molar-refractivity contribution in [2.24, 2.45) is 11.8 Å². The maximum absolute atomic E-state index is 11.4. The van der Waals surface area contributed by atoms with Crippen molar-refractivity contribution in [3.63, 3.8) is 0 Å². The molecule has 3 unspecified atom stereocenters. The Bertz CT molecular complexity index is 240. The molecule has 2 fully saturated rings. The maximum Gasteiger partial charge on any atom is 0.306 e. The van der Waals surface area contributed by atoms with Crippen molar-refractivity contribution >= 4 is 5.97 Å². The molecule has 1 aliphatic carbocycles. The zero-order valence-electron chi connectivity index (χ0n) is 9.74. The highest BCUT2D eigenvalue weighted by atomic mass is 16.5. The minimum absolute atomic E-state index is 0.00416. The summed E-state index contributed by atoms with van der Waals surface area (Å²) in [4.78, 5) is 13.9. The Morgan fingerprint density at radius 3 is 3.00 bits per heavy atom. The largest absolute Gasteiger partial charge is 0.466 e. The number of nitrogens with zero attached hydrogens (tertiary/aromatic N) is 1. The van der Waals surface area contributed by atoms with Gasteiger partial charge < -0.3 is 9.64 Å². The van der Waals surface area contributed by atoms with Gasteiger partial charge in [-0.3, -0.25) is 4.79 Å². The van der Waals surface area contributed by atoms with E-state index in [4.69, 9.17) is 4.74 Å². The predicted molar refractivity (Wildman–Crippen MR) is 58.5 cm³/mol. The van der Waals surface area contributed by atoms with Crippen molar-refractivity contribution in [1.82, 2.24) is 4.90 Å². The van der Waals surface area contributed by atoms with Gasteiger partial charge >= 0.3 is 5.97 Å². The molecule has 3 atom stereocenters. The summed E-state index contributed by atoms with van der Waals surface area (Å²) in [5.41, 5.74) is 0. The summed E-state index contributed by atoms with van der Waals surface area (Å²) in [6.07, 6.45) is 4.40. The van der Waals surface area contributed by atoms with E-state index in [1.807, 2.05) is 6.92 Å². The lowest BCUT2D eigenvalue weighted by Gasteiger charge is -2.27. The van der Waals surface area contributed by atoms with Crippen LogP contribution in [0.15, 0.2) is 0 Å². The molecule has 15 heavy (non-hydrogen) atoms. The highest BCUT2D eigenvalue weighted by Crippen LogP contribution is 2.40. The first-order valence-corrected chi connectivity index (χ1v) is 6.06. The van der Waals surface area contributed by atoms with Crippen LogP contribution in [-0.2, 0) is 9.53 Å². The number of esters is 1. The fourth-order valence-corrected chi connectivity index (χ4v) is 3.15. The molecule has 86 valence electrons. The molecule has 0 spiro atoms.